The summed E-state index contributed by atoms with van der Waals surface area (Å²) in [6, 6.07) is 0. The number of hydrogen-bond acceptors (Lipinski definition) is 5. The number of piperidine rings is 1. The molecule has 0 saturated carbocycles. The van der Waals surface area contributed by atoms with Crippen molar-refractivity contribution in [2.75, 3.05) is 72.8 Å². The molecule has 0 aliphatic carbocycles. The molecule has 0 spiro atoms. The molecule has 0 aromatic heterocycles. The van der Waals surface area contributed by atoms with Crippen LogP contribution >= 0.6 is 24.0 Å². The second-order valence-corrected chi connectivity index (χ2v) is 7.63. The van der Waals surface area contributed by atoms with Gasteiger partial charge in [0.2, 0.25) is 0 Å². The van der Waals surface area contributed by atoms with E-state index in [0.29, 0.717) is 19.1 Å². The quantitative estimate of drug-likeness (QED) is 0.240. The highest BCUT2D eigenvalue weighted by Crippen LogP contribution is 2.32. The van der Waals surface area contributed by atoms with Crippen LogP contribution in [0, 0.1) is 11.3 Å². The molecule has 2 rings (SSSR count). The van der Waals surface area contributed by atoms with Crippen LogP contribution < -0.4 is 10.6 Å². The van der Waals surface area contributed by atoms with Gasteiger partial charge >= 0.3 is 0 Å². The van der Waals surface area contributed by atoms with E-state index in [1.54, 1.807) is 7.11 Å². The number of aliphatic imine (C=N–C) groups is 1. The Kier molecular flexibility index (Phi) is 12.8. The number of hydrogen-bond donors (Lipinski definition) is 3. The number of methoxy groups -OCH3 is 1. The number of nitrogens with zero attached hydrogens (tertiary/aromatic N) is 2. The van der Waals surface area contributed by atoms with Crippen LogP contribution in [0.2, 0.25) is 0 Å². The summed E-state index contributed by atoms with van der Waals surface area (Å²) < 4.78 is 10.7. The zero-order valence-electron chi connectivity index (χ0n) is 17.0. The number of halogens is 1. The first kappa shape index (κ1) is 24.9. The lowest BCUT2D eigenvalue weighted by atomic mass is 9.84. The monoisotopic (exact) mass is 498 g/mol. The van der Waals surface area contributed by atoms with Crippen LogP contribution in [0.15, 0.2) is 4.99 Å². The van der Waals surface area contributed by atoms with Gasteiger partial charge in [-0.3, -0.25) is 4.99 Å². The lowest BCUT2D eigenvalue weighted by Gasteiger charge is -2.32. The van der Waals surface area contributed by atoms with E-state index in [4.69, 9.17) is 14.5 Å². The van der Waals surface area contributed by atoms with Crippen molar-refractivity contribution in [3.8, 4) is 0 Å². The Bertz CT molecular complexity index is 412. The molecule has 0 radical (unpaired) electrons. The number of aliphatic hydroxyl groups is 1. The number of likely N-dealkylation sites (tertiary alicyclic amines) is 1. The van der Waals surface area contributed by atoms with E-state index in [9.17, 15) is 5.11 Å². The van der Waals surface area contributed by atoms with Crippen LogP contribution in [0.5, 0.6) is 0 Å². The van der Waals surface area contributed by atoms with E-state index in [2.05, 4.69) is 22.5 Å². The summed E-state index contributed by atoms with van der Waals surface area (Å²) in [5.41, 5.74) is 0.00376. The van der Waals surface area contributed by atoms with E-state index in [0.717, 1.165) is 64.7 Å². The van der Waals surface area contributed by atoms with E-state index < -0.39 is 0 Å². The lowest BCUT2D eigenvalue weighted by molar-refractivity contribution is 0.120. The molecule has 8 heteroatoms. The van der Waals surface area contributed by atoms with Gasteiger partial charge in [0, 0.05) is 45.4 Å². The minimum Gasteiger partial charge on any atom is -0.396 e. The number of nitrogens with one attached hydrogen (secondary N) is 2. The molecule has 0 aromatic carbocycles. The first-order chi connectivity index (χ1) is 12.7. The maximum absolute atomic E-state index is 9.36. The van der Waals surface area contributed by atoms with Crippen LogP contribution in [0.25, 0.3) is 0 Å². The average Bonchev–Trinajstić information content (AvgIpc) is 3.12. The van der Waals surface area contributed by atoms with Crippen LogP contribution in [0.3, 0.4) is 0 Å². The first-order valence-electron chi connectivity index (χ1n) is 10.1. The molecule has 0 aromatic rings. The normalized spacial score (nSPS) is 24.6. The standard InChI is InChI=1S/C19H38N4O3.HI/c1-3-20-18(22-15-19(6-11-24)7-12-26-16-19)21-14-17-4-8-23(9-5-17)10-13-25-2;/h17,24H,3-16H2,1-2H3,(H2,20,21,22);1H. The molecule has 2 saturated heterocycles. The van der Waals surface area contributed by atoms with E-state index in [-0.39, 0.29) is 36.0 Å². The maximum Gasteiger partial charge on any atom is 0.191 e. The average molecular weight is 498 g/mol. The van der Waals surface area contributed by atoms with Crippen LogP contribution in [0.4, 0.5) is 0 Å². The molecule has 160 valence electrons. The largest absolute Gasteiger partial charge is 0.396 e. The van der Waals surface area contributed by atoms with Crippen molar-refractivity contribution in [1.82, 2.24) is 15.5 Å². The Morgan fingerprint density at radius 2 is 2.11 bits per heavy atom. The van der Waals surface area contributed by atoms with Crippen LogP contribution in [0.1, 0.15) is 32.6 Å². The molecule has 7 nitrogen and oxygen atoms in total. The fraction of sp³-hybridized carbons (Fsp3) is 0.947. The zero-order valence-corrected chi connectivity index (χ0v) is 19.4. The smallest absolute Gasteiger partial charge is 0.191 e. The van der Waals surface area contributed by atoms with Crippen molar-refractivity contribution < 1.29 is 14.6 Å². The summed E-state index contributed by atoms with van der Waals surface area (Å²) in [7, 11) is 1.76. The van der Waals surface area contributed by atoms with Gasteiger partial charge in [0.25, 0.3) is 0 Å². The predicted molar refractivity (Wildman–Crippen MR) is 120 cm³/mol. The molecule has 27 heavy (non-hydrogen) atoms. The first-order valence-corrected chi connectivity index (χ1v) is 10.1. The summed E-state index contributed by atoms with van der Waals surface area (Å²) in [5, 5.41) is 16.2. The summed E-state index contributed by atoms with van der Waals surface area (Å²) in [6.45, 7) is 10.5. The molecule has 1 unspecified atom stereocenters. The van der Waals surface area contributed by atoms with Gasteiger partial charge in [0.1, 0.15) is 0 Å². The van der Waals surface area contributed by atoms with Crippen LogP contribution in [-0.4, -0.2) is 88.8 Å². The van der Waals surface area contributed by atoms with Gasteiger partial charge in [-0.05, 0) is 51.6 Å². The van der Waals surface area contributed by atoms with Crippen molar-refractivity contribution >= 4 is 29.9 Å². The Hall–Kier alpha value is -0.160. The Morgan fingerprint density at radius 1 is 1.33 bits per heavy atom. The van der Waals surface area contributed by atoms with Crippen molar-refractivity contribution in [2.24, 2.45) is 16.3 Å². The van der Waals surface area contributed by atoms with Crippen molar-refractivity contribution in [2.45, 2.75) is 32.6 Å². The van der Waals surface area contributed by atoms with Gasteiger partial charge in [0.15, 0.2) is 5.96 Å². The zero-order chi connectivity index (χ0) is 18.7. The van der Waals surface area contributed by atoms with Gasteiger partial charge in [0.05, 0.1) is 19.8 Å². The minimum absolute atomic E-state index is 0. The summed E-state index contributed by atoms with van der Waals surface area (Å²) in [6.07, 6.45) is 4.18. The molecule has 2 heterocycles. The minimum atomic E-state index is 0. The molecule has 3 N–H and O–H groups in total. The number of aliphatic hydroxyl groups excluding tert-OH is 1. The highest BCUT2D eigenvalue weighted by Gasteiger charge is 2.34. The van der Waals surface area contributed by atoms with E-state index in [1.807, 2.05) is 0 Å². The fourth-order valence-corrected chi connectivity index (χ4v) is 3.75. The number of guanidine groups is 1. The molecule has 2 fully saturated rings. The molecule has 2 aliphatic heterocycles. The third kappa shape index (κ3) is 8.81. The highest BCUT2D eigenvalue weighted by molar-refractivity contribution is 14.0. The summed E-state index contributed by atoms with van der Waals surface area (Å²) >= 11 is 0. The lowest BCUT2D eigenvalue weighted by Crippen LogP contribution is -2.44. The van der Waals surface area contributed by atoms with Gasteiger partial charge in [-0.25, -0.2) is 0 Å². The predicted octanol–water partition coefficient (Wildman–Crippen LogP) is 1.31. The highest BCUT2D eigenvalue weighted by atomic mass is 127. The molecule has 0 bridgehead atoms. The molecule has 0 amide bonds. The maximum atomic E-state index is 9.36. The third-order valence-corrected chi connectivity index (χ3v) is 5.62. The second-order valence-electron chi connectivity index (χ2n) is 7.63. The van der Waals surface area contributed by atoms with Crippen LogP contribution in [-0.2, 0) is 9.47 Å². The van der Waals surface area contributed by atoms with E-state index >= 15 is 0 Å². The molecular weight excluding hydrogens is 459 g/mol. The van der Waals surface area contributed by atoms with Crippen molar-refractivity contribution in [1.29, 1.82) is 0 Å². The third-order valence-electron chi connectivity index (χ3n) is 5.62. The summed E-state index contributed by atoms with van der Waals surface area (Å²) in [5.74, 6) is 1.58. The van der Waals surface area contributed by atoms with Gasteiger partial charge in [-0.2, -0.15) is 0 Å². The molecule has 2 aliphatic rings. The van der Waals surface area contributed by atoms with Gasteiger partial charge in [-0.1, -0.05) is 0 Å². The number of rotatable bonds is 10. The Labute approximate surface area is 181 Å². The fourth-order valence-electron chi connectivity index (χ4n) is 3.75. The topological polar surface area (TPSA) is 78.4 Å². The van der Waals surface area contributed by atoms with Crippen molar-refractivity contribution in [3.63, 3.8) is 0 Å². The van der Waals surface area contributed by atoms with E-state index in [1.165, 1.54) is 12.8 Å². The number of ether oxygens (including phenoxy) is 2. The van der Waals surface area contributed by atoms with Gasteiger partial charge < -0.3 is 30.1 Å². The summed E-state index contributed by atoms with van der Waals surface area (Å²) in [4.78, 5) is 7.29. The second kappa shape index (κ2) is 13.9. The van der Waals surface area contributed by atoms with Crippen molar-refractivity contribution in [3.05, 3.63) is 0 Å². The SMILES string of the molecule is CCNC(=NCC1(CCO)CCOC1)NCC1CCN(CCOC)CC1.I. The Morgan fingerprint density at radius 3 is 2.70 bits per heavy atom. The van der Waals surface area contributed by atoms with Gasteiger partial charge in [-0.15, -0.1) is 24.0 Å². The molecular formula is C19H39IN4O3. The Balaban J connectivity index is 0.00000364. The molecule has 1 atom stereocenters.